The number of ether oxygens (including phenoxy) is 2. The van der Waals surface area contributed by atoms with E-state index < -0.39 is 5.97 Å². The molecule has 0 saturated heterocycles. The summed E-state index contributed by atoms with van der Waals surface area (Å²) >= 11 is 0. The summed E-state index contributed by atoms with van der Waals surface area (Å²) < 4.78 is 10.9. The highest BCUT2D eigenvalue weighted by molar-refractivity contribution is 6.12. The van der Waals surface area contributed by atoms with E-state index >= 15 is 0 Å². The topological polar surface area (TPSA) is 47.9 Å². The number of esters is 1. The molecule has 4 nitrogen and oxygen atoms in total. The van der Waals surface area contributed by atoms with Gasteiger partial charge < -0.3 is 9.47 Å². The van der Waals surface area contributed by atoms with E-state index in [1.165, 1.54) is 5.56 Å². The number of hydrogen-bond donors (Lipinski definition) is 0. The molecule has 1 aliphatic rings. The fourth-order valence-corrected chi connectivity index (χ4v) is 2.48. The van der Waals surface area contributed by atoms with Crippen LogP contribution in [0.4, 0.5) is 0 Å². The van der Waals surface area contributed by atoms with Gasteiger partial charge in [-0.25, -0.2) is 9.79 Å². The van der Waals surface area contributed by atoms with Crippen LogP contribution < -0.4 is 4.74 Å². The quantitative estimate of drug-likeness (QED) is 0.613. The summed E-state index contributed by atoms with van der Waals surface area (Å²) in [6, 6.07) is 13.4. The minimum atomic E-state index is -0.435. The van der Waals surface area contributed by atoms with E-state index in [9.17, 15) is 4.79 Å². The monoisotopic (exact) mass is 335 g/mol. The number of rotatable bonds is 4. The van der Waals surface area contributed by atoms with Crippen LogP contribution in [-0.2, 0) is 9.53 Å². The summed E-state index contributed by atoms with van der Waals surface area (Å²) in [6.07, 6.45) is 1.84. The van der Waals surface area contributed by atoms with E-state index in [0.29, 0.717) is 11.6 Å². The lowest BCUT2D eigenvalue weighted by atomic mass is 10.1. The number of hydrogen-bond acceptors (Lipinski definition) is 4. The molecule has 0 amide bonds. The Bertz CT molecular complexity index is 861. The lowest BCUT2D eigenvalue weighted by Gasteiger charge is -2.09. The first-order valence-electron chi connectivity index (χ1n) is 8.29. The molecule has 0 spiro atoms. The molecular weight excluding hydrogens is 314 g/mol. The molecule has 0 atom stereocenters. The fourth-order valence-electron chi connectivity index (χ4n) is 2.48. The molecule has 0 bridgehead atoms. The highest BCUT2D eigenvalue weighted by Gasteiger charge is 2.24. The van der Waals surface area contributed by atoms with E-state index in [-0.39, 0.29) is 6.10 Å². The van der Waals surface area contributed by atoms with Gasteiger partial charge in [0.15, 0.2) is 5.70 Å². The fraction of sp³-hybridized carbons (Fsp3) is 0.238. The zero-order valence-corrected chi connectivity index (χ0v) is 14.9. The Morgan fingerprint density at radius 2 is 1.76 bits per heavy atom. The van der Waals surface area contributed by atoms with Crippen LogP contribution in [0.5, 0.6) is 5.75 Å². The molecule has 4 heteroatoms. The number of aliphatic imine (C=N–C) groups is 1. The van der Waals surface area contributed by atoms with Gasteiger partial charge in [0.25, 0.3) is 0 Å². The van der Waals surface area contributed by atoms with Gasteiger partial charge in [-0.2, -0.15) is 0 Å². The smallest absolute Gasteiger partial charge is 0.363 e. The number of aryl methyl sites for hydroxylation is 2. The maximum atomic E-state index is 12.1. The largest absolute Gasteiger partial charge is 0.491 e. The van der Waals surface area contributed by atoms with Crippen LogP contribution >= 0.6 is 0 Å². The van der Waals surface area contributed by atoms with Crippen LogP contribution in [0, 0.1) is 13.8 Å². The van der Waals surface area contributed by atoms with E-state index in [1.54, 1.807) is 6.08 Å². The number of benzene rings is 2. The van der Waals surface area contributed by atoms with Gasteiger partial charge in [0.1, 0.15) is 5.75 Å². The maximum absolute atomic E-state index is 12.1. The van der Waals surface area contributed by atoms with E-state index in [1.807, 2.05) is 70.2 Å². The molecule has 0 saturated carbocycles. The molecule has 2 aromatic carbocycles. The molecule has 0 unspecified atom stereocenters. The predicted molar refractivity (Wildman–Crippen MR) is 98.7 cm³/mol. The summed E-state index contributed by atoms with van der Waals surface area (Å²) in [6.45, 7) is 8.02. The van der Waals surface area contributed by atoms with Crippen molar-refractivity contribution in [2.75, 3.05) is 0 Å². The lowest BCUT2D eigenvalue weighted by molar-refractivity contribution is -0.129. The highest BCUT2D eigenvalue weighted by Crippen LogP contribution is 2.22. The summed E-state index contributed by atoms with van der Waals surface area (Å²) in [5, 5.41) is 0. The molecule has 3 rings (SSSR count). The van der Waals surface area contributed by atoms with Crippen LogP contribution in [0.15, 0.2) is 53.2 Å². The predicted octanol–water partition coefficient (Wildman–Crippen LogP) is 4.44. The number of cyclic esters (lactones) is 1. The average molecular weight is 335 g/mol. The molecule has 0 radical (unpaired) electrons. The Morgan fingerprint density at radius 1 is 1.04 bits per heavy atom. The summed E-state index contributed by atoms with van der Waals surface area (Å²) in [4.78, 5) is 16.4. The zero-order valence-electron chi connectivity index (χ0n) is 14.9. The van der Waals surface area contributed by atoms with Crippen molar-refractivity contribution >= 4 is 17.9 Å². The third kappa shape index (κ3) is 3.97. The van der Waals surface area contributed by atoms with E-state index in [4.69, 9.17) is 9.47 Å². The summed E-state index contributed by atoms with van der Waals surface area (Å²) in [5.41, 5.74) is 4.29. The third-order valence-corrected chi connectivity index (χ3v) is 3.93. The molecule has 1 aliphatic heterocycles. The van der Waals surface area contributed by atoms with Crippen molar-refractivity contribution in [3.05, 3.63) is 70.4 Å². The standard InChI is InChI=1S/C21H21NO3/c1-13(2)24-18-9-6-16(7-10-18)12-19-21(23)25-20(22-19)17-8-5-14(3)15(4)11-17/h5-13H,1-4H3/b19-12+. The van der Waals surface area contributed by atoms with E-state index in [0.717, 1.165) is 22.4 Å². The zero-order chi connectivity index (χ0) is 18.0. The molecule has 25 heavy (non-hydrogen) atoms. The highest BCUT2D eigenvalue weighted by atomic mass is 16.6. The SMILES string of the molecule is Cc1ccc(C2=N/C(=C/c3ccc(OC(C)C)cc3)C(=O)O2)cc1C. The molecule has 0 aromatic heterocycles. The van der Waals surface area contributed by atoms with Gasteiger partial charge >= 0.3 is 5.97 Å². The molecule has 128 valence electrons. The molecule has 0 aliphatic carbocycles. The van der Waals surface area contributed by atoms with Crippen molar-refractivity contribution in [3.8, 4) is 5.75 Å². The first kappa shape index (κ1) is 17.0. The Labute approximate surface area is 147 Å². The van der Waals surface area contributed by atoms with Crippen LogP contribution in [0.25, 0.3) is 6.08 Å². The van der Waals surface area contributed by atoms with Gasteiger partial charge in [0.2, 0.25) is 5.90 Å². The van der Waals surface area contributed by atoms with Crippen molar-refractivity contribution < 1.29 is 14.3 Å². The first-order chi connectivity index (χ1) is 11.9. The van der Waals surface area contributed by atoms with Gasteiger partial charge in [0, 0.05) is 5.56 Å². The van der Waals surface area contributed by atoms with Crippen molar-refractivity contribution in [2.24, 2.45) is 4.99 Å². The summed E-state index contributed by atoms with van der Waals surface area (Å²) in [5.74, 6) is 0.709. The molecule has 0 N–H and O–H groups in total. The Hall–Kier alpha value is -2.88. The first-order valence-corrected chi connectivity index (χ1v) is 8.29. The van der Waals surface area contributed by atoms with Crippen LogP contribution in [0.1, 0.15) is 36.1 Å². The maximum Gasteiger partial charge on any atom is 0.363 e. The van der Waals surface area contributed by atoms with Crippen LogP contribution in [0.3, 0.4) is 0 Å². The Morgan fingerprint density at radius 3 is 2.40 bits per heavy atom. The minimum absolute atomic E-state index is 0.124. The second-order valence-electron chi connectivity index (χ2n) is 6.37. The Balaban J connectivity index is 1.84. The van der Waals surface area contributed by atoms with Gasteiger partial charge in [-0.05, 0) is 74.7 Å². The van der Waals surface area contributed by atoms with Crippen molar-refractivity contribution in [3.63, 3.8) is 0 Å². The molecule has 2 aromatic rings. The van der Waals surface area contributed by atoms with Gasteiger partial charge in [-0.3, -0.25) is 0 Å². The lowest BCUT2D eigenvalue weighted by Crippen LogP contribution is -2.06. The molecular formula is C21H21NO3. The second kappa shape index (κ2) is 6.93. The van der Waals surface area contributed by atoms with Crippen LogP contribution in [0.2, 0.25) is 0 Å². The van der Waals surface area contributed by atoms with Gasteiger partial charge in [-0.1, -0.05) is 18.2 Å². The van der Waals surface area contributed by atoms with Gasteiger partial charge in [-0.15, -0.1) is 0 Å². The molecule has 0 fully saturated rings. The number of carbonyl (C=O) groups excluding carboxylic acids is 1. The summed E-state index contributed by atoms with van der Waals surface area (Å²) in [7, 11) is 0. The average Bonchev–Trinajstić information content (AvgIpc) is 2.92. The van der Waals surface area contributed by atoms with Crippen molar-refractivity contribution in [2.45, 2.75) is 33.8 Å². The van der Waals surface area contributed by atoms with Crippen LogP contribution in [-0.4, -0.2) is 18.0 Å². The number of nitrogens with zero attached hydrogens (tertiary/aromatic N) is 1. The number of carbonyl (C=O) groups is 1. The van der Waals surface area contributed by atoms with E-state index in [2.05, 4.69) is 4.99 Å². The normalized spacial score (nSPS) is 15.5. The van der Waals surface area contributed by atoms with Gasteiger partial charge in [0.05, 0.1) is 6.10 Å². The second-order valence-corrected chi connectivity index (χ2v) is 6.37. The minimum Gasteiger partial charge on any atom is -0.491 e. The Kier molecular flexibility index (Phi) is 4.70. The third-order valence-electron chi connectivity index (χ3n) is 3.93. The van der Waals surface area contributed by atoms with Crippen molar-refractivity contribution in [1.29, 1.82) is 0 Å². The molecule has 1 heterocycles. The van der Waals surface area contributed by atoms with Crippen molar-refractivity contribution in [1.82, 2.24) is 0 Å².